The molecule has 4 heterocycles. The minimum Gasteiger partial charge on any atom is -0.453 e. The van der Waals surface area contributed by atoms with E-state index < -0.39 is 24.3 Å². The van der Waals surface area contributed by atoms with Crippen LogP contribution in [-0.2, 0) is 19.1 Å². The molecule has 13 atom stereocenters. The number of likely N-dealkylation sites (tertiary alicyclic amines) is 2. The maximum atomic E-state index is 14.1. The average molecular weight is 937 g/mol. The summed E-state index contributed by atoms with van der Waals surface area (Å²) in [5.41, 5.74) is 12.4. The largest absolute Gasteiger partial charge is 0.453 e. The second-order valence-corrected chi connectivity index (χ2v) is 22.6. The highest BCUT2D eigenvalue weighted by Crippen LogP contribution is 2.64. The van der Waals surface area contributed by atoms with E-state index in [1.807, 2.05) is 43.7 Å². The standard InChI is InChI=1S/C55H68N8O6/c1-26(2)48(60-54(66)68-5)52(64)62-19-7-8-41(62)50-56-25-40(59-50)37-17-16-36(46-31-11-12-32(21-31)47(37)46)35-15-14-34(44-29-9-10-30(20-29)45(35)44)28-13-18-38-39(22-28)58-51(57-38)43-24-33-23-42(33)63(43)53(65)49(27(3)4)61-55(67)69-6/h13-18,25-27,29-33,39,41-45,48-49H,7-12,19-24H2,1-6H3,(H,56,59)(H,57,58)(H,60,66)(H,61,67)/t29?,30?,31?,32?,33?,39?,41-,42?,43-,44?,45?,48-,49-/m0/s1. The number of fused-ring (bicyclic) bond motifs is 12. The molecular formula is C55H68N8O6. The number of amidine groups is 1. The third-order valence-electron chi connectivity index (χ3n) is 18.3. The Balaban J connectivity index is 0.813. The highest BCUT2D eigenvalue weighted by Gasteiger charge is 2.58. The number of benzene rings is 1. The molecule has 12 rings (SSSR count). The lowest BCUT2D eigenvalue weighted by molar-refractivity contribution is -0.136. The van der Waals surface area contributed by atoms with E-state index in [2.05, 4.69) is 57.4 Å². The average Bonchev–Trinajstić information content (AvgIpc) is 4.19. The van der Waals surface area contributed by atoms with Crippen LogP contribution in [0.5, 0.6) is 0 Å². The molecule has 14 heteroatoms. The van der Waals surface area contributed by atoms with Crippen LogP contribution in [0.3, 0.4) is 0 Å². The molecule has 7 aliphatic carbocycles. The fourth-order valence-electron chi connectivity index (χ4n) is 15.1. The maximum Gasteiger partial charge on any atom is 0.407 e. The maximum absolute atomic E-state index is 14.1. The number of rotatable bonds is 11. The van der Waals surface area contributed by atoms with Gasteiger partial charge < -0.3 is 40.2 Å². The van der Waals surface area contributed by atoms with Crippen molar-refractivity contribution in [2.24, 2.45) is 46.4 Å². The Labute approximate surface area is 405 Å². The molecule has 0 spiro atoms. The lowest BCUT2D eigenvalue weighted by Gasteiger charge is -2.39. The van der Waals surface area contributed by atoms with Crippen LogP contribution in [0.2, 0.25) is 0 Å². The lowest BCUT2D eigenvalue weighted by atomic mass is 9.64. The van der Waals surface area contributed by atoms with Crippen LogP contribution < -0.4 is 16.0 Å². The van der Waals surface area contributed by atoms with Crippen molar-refractivity contribution >= 4 is 35.4 Å². The second-order valence-electron chi connectivity index (χ2n) is 22.6. The Bertz CT molecular complexity index is 2660. The van der Waals surface area contributed by atoms with E-state index in [9.17, 15) is 19.2 Å². The molecule has 1 aromatic carbocycles. The van der Waals surface area contributed by atoms with Crippen LogP contribution in [0.4, 0.5) is 9.59 Å². The van der Waals surface area contributed by atoms with Gasteiger partial charge in [-0.05, 0) is 157 Å². The summed E-state index contributed by atoms with van der Waals surface area (Å²) in [4.78, 5) is 70.5. The molecular weight excluding hydrogens is 869 g/mol. The molecule has 3 aliphatic heterocycles. The van der Waals surface area contributed by atoms with Crippen LogP contribution >= 0.6 is 0 Å². The Hall–Kier alpha value is -5.66. The zero-order chi connectivity index (χ0) is 47.6. The molecule has 1 aromatic heterocycles. The van der Waals surface area contributed by atoms with Crippen molar-refractivity contribution in [2.75, 3.05) is 20.8 Å². The third-order valence-corrected chi connectivity index (χ3v) is 18.3. The summed E-state index contributed by atoms with van der Waals surface area (Å²) < 4.78 is 9.75. The van der Waals surface area contributed by atoms with Gasteiger partial charge in [-0.2, -0.15) is 0 Å². The molecule has 4 saturated carbocycles. The van der Waals surface area contributed by atoms with Crippen molar-refractivity contribution in [3.8, 4) is 11.3 Å². The van der Waals surface area contributed by atoms with E-state index in [0.29, 0.717) is 48.0 Å². The highest BCUT2D eigenvalue weighted by atomic mass is 16.5. The number of ether oxygens (including phenoxy) is 2. The summed E-state index contributed by atoms with van der Waals surface area (Å²) in [6.07, 6.45) is 22.4. The number of allylic oxidation sites excluding steroid dienone is 6. The van der Waals surface area contributed by atoms with E-state index in [0.717, 1.165) is 55.2 Å². The van der Waals surface area contributed by atoms with Gasteiger partial charge in [-0.1, -0.05) is 58.1 Å². The molecule has 10 aliphatic rings. The number of H-pyrrole nitrogens is 1. The van der Waals surface area contributed by atoms with Gasteiger partial charge in [0.1, 0.15) is 23.7 Å². The number of aromatic nitrogens is 2. The number of imidazole rings is 1. The van der Waals surface area contributed by atoms with Gasteiger partial charge in [-0.25, -0.2) is 14.6 Å². The molecule has 14 nitrogen and oxygen atoms in total. The van der Waals surface area contributed by atoms with Gasteiger partial charge in [-0.15, -0.1) is 0 Å². The van der Waals surface area contributed by atoms with Gasteiger partial charge in [0.25, 0.3) is 0 Å². The fraction of sp³-hybridized carbons (Fsp3) is 0.600. The summed E-state index contributed by atoms with van der Waals surface area (Å²) in [6.45, 7) is 8.44. The van der Waals surface area contributed by atoms with Gasteiger partial charge in [0.05, 0.1) is 44.2 Å². The monoisotopic (exact) mass is 937 g/mol. The van der Waals surface area contributed by atoms with Gasteiger partial charge >= 0.3 is 12.2 Å². The van der Waals surface area contributed by atoms with Gasteiger partial charge in [0.2, 0.25) is 11.8 Å². The smallest absolute Gasteiger partial charge is 0.407 e. The van der Waals surface area contributed by atoms with Crippen LogP contribution in [0.15, 0.2) is 64.5 Å². The summed E-state index contributed by atoms with van der Waals surface area (Å²) in [5.74, 6) is 5.30. The summed E-state index contributed by atoms with van der Waals surface area (Å²) in [6, 6.07) is 3.35. The minimum atomic E-state index is -0.674. The molecule has 9 unspecified atom stereocenters. The number of nitrogens with zero attached hydrogens (tertiary/aromatic N) is 4. The number of hydrogen-bond donors (Lipinski definition) is 4. The fourth-order valence-corrected chi connectivity index (χ4v) is 15.1. The van der Waals surface area contributed by atoms with Gasteiger partial charge in [0, 0.05) is 30.3 Å². The van der Waals surface area contributed by atoms with E-state index in [-0.39, 0.29) is 47.8 Å². The van der Waals surface area contributed by atoms with Crippen molar-refractivity contribution < 1.29 is 28.7 Å². The van der Waals surface area contributed by atoms with Crippen LogP contribution in [0.25, 0.3) is 16.8 Å². The van der Waals surface area contributed by atoms with Gasteiger partial charge in [0.15, 0.2) is 0 Å². The number of hydrogen-bond acceptors (Lipinski definition) is 9. The number of piperidine rings is 1. The van der Waals surface area contributed by atoms with Gasteiger partial charge in [-0.3, -0.25) is 14.6 Å². The van der Waals surface area contributed by atoms with E-state index in [4.69, 9.17) is 19.5 Å². The number of carbonyl (C=O) groups excluding carboxylic acids is 4. The van der Waals surface area contributed by atoms with Crippen molar-refractivity contribution in [3.63, 3.8) is 0 Å². The number of nitrogens with one attached hydrogen (secondary N) is 4. The Morgan fingerprint density at radius 2 is 1.39 bits per heavy atom. The minimum absolute atomic E-state index is 0.00147. The first-order valence-electron chi connectivity index (χ1n) is 26.1. The van der Waals surface area contributed by atoms with Crippen molar-refractivity contribution in [1.29, 1.82) is 0 Å². The van der Waals surface area contributed by atoms with Crippen LogP contribution in [-0.4, -0.2) is 101 Å². The molecule has 4 N–H and O–H groups in total. The number of carbonyl (C=O) groups is 4. The highest BCUT2D eigenvalue weighted by molar-refractivity contribution is 5.97. The molecule has 4 bridgehead atoms. The predicted octanol–water partition coefficient (Wildman–Crippen LogP) is 8.43. The predicted molar refractivity (Wildman–Crippen MR) is 262 cm³/mol. The normalized spacial score (nSPS) is 32.8. The van der Waals surface area contributed by atoms with Crippen molar-refractivity contribution in [1.82, 2.24) is 35.7 Å². The lowest BCUT2D eigenvalue weighted by Crippen LogP contribution is -2.56. The SMILES string of the molecule is COC(=O)N[C@H](C(=O)N1CCC[C@H]1c1ncc(-c2ccc(C3=CC=C(C4=CC=C5NC([C@@H]6CC7CC7N6C(=O)[C@@H](NC(=O)OC)C(C)C)=NC5C4)C4C5CCC(C5)C34)c3c2C2CCC3C2)[nH]1)C(C)C. The number of alkyl carbamates (subject to hydrolysis) is 2. The summed E-state index contributed by atoms with van der Waals surface area (Å²) in [7, 11) is 2.66. The topological polar surface area (TPSA) is 170 Å². The number of amides is 4. The molecule has 2 aromatic rings. The Kier molecular flexibility index (Phi) is 11.0. The third kappa shape index (κ3) is 7.30. The molecule has 0 radical (unpaired) electrons. The summed E-state index contributed by atoms with van der Waals surface area (Å²) >= 11 is 0. The first-order valence-corrected chi connectivity index (χ1v) is 26.1. The Morgan fingerprint density at radius 1 is 0.725 bits per heavy atom. The van der Waals surface area contributed by atoms with Crippen molar-refractivity contribution in [2.45, 2.75) is 146 Å². The van der Waals surface area contributed by atoms with Crippen LogP contribution in [0.1, 0.15) is 139 Å². The zero-order valence-electron chi connectivity index (χ0n) is 40.9. The number of aromatic amines is 1. The first-order chi connectivity index (χ1) is 33.4. The molecule has 2 saturated heterocycles. The molecule has 69 heavy (non-hydrogen) atoms. The number of methoxy groups -OCH3 is 2. The van der Waals surface area contributed by atoms with E-state index in [1.165, 1.54) is 80.6 Å². The van der Waals surface area contributed by atoms with Crippen LogP contribution in [0, 0.1) is 41.4 Å². The second kappa shape index (κ2) is 17.0. The first kappa shape index (κ1) is 44.5. The molecule has 364 valence electrons. The van der Waals surface area contributed by atoms with Crippen molar-refractivity contribution in [3.05, 3.63) is 82.0 Å². The van der Waals surface area contributed by atoms with E-state index in [1.54, 1.807) is 11.1 Å². The molecule has 6 fully saturated rings. The summed E-state index contributed by atoms with van der Waals surface area (Å²) in [5, 5.41) is 9.27. The number of aliphatic imine (C=N–C) groups is 1. The zero-order valence-corrected chi connectivity index (χ0v) is 40.9. The Morgan fingerprint density at radius 3 is 2.10 bits per heavy atom. The quantitative estimate of drug-likeness (QED) is 0.174. The van der Waals surface area contributed by atoms with E-state index >= 15 is 0 Å². The molecule has 4 amide bonds.